The van der Waals surface area contributed by atoms with Crippen molar-refractivity contribution in [1.82, 2.24) is 0 Å². The molecule has 0 aromatic carbocycles. The highest BCUT2D eigenvalue weighted by atomic mass is 16.5. The smallest absolute Gasteiger partial charge is 0.118 e. The van der Waals surface area contributed by atoms with Crippen LogP contribution in [0.3, 0.4) is 0 Å². The highest BCUT2D eigenvalue weighted by molar-refractivity contribution is 5.17. The molecule has 1 heteroatoms. The number of methoxy groups -OCH3 is 1. The summed E-state index contributed by atoms with van der Waals surface area (Å²) in [5.74, 6) is 0.876. The molecule has 0 fully saturated rings. The number of hydrogen-bond acceptors (Lipinski definition) is 1. The molecular weight excluding hydrogens is 124 g/mol. The standard InChI is InChI=1S/C9H14O/c1-4-6-8-9(10-3)7-5-2/h4-8H,1-3H3/b6-4+,7-5-,9-8+. The Morgan fingerprint density at radius 2 is 1.90 bits per heavy atom. The lowest BCUT2D eigenvalue weighted by Gasteiger charge is -1.95. The maximum Gasteiger partial charge on any atom is 0.118 e. The second kappa shape index (κ2) is 6.14. The van der Waals surface area contributed by atoms with Crippen LogP contribution in [0.1, 0.15) is 13.8 Å². The lowest BCUT2D eigenvalue weighted by molar-refractivity contribution is 0.307. The van der Waals surface area contributed by atoms with E-state index in [0.29, 0.717) is 0 Å². The summed E-state index contributed by atoms with van der Waals surface area (Å²) >= 11 is 0. The van der Waals surface area contributed by atoms with Gasteiger partial charge in [0.2, 0.25) is 0 Å². The van der Waals surface area contributed by atoms with Gasteiger partial charge in [0.1, 0.15) is 5.76 Å². The molecule has 0 rings (SSSR count). The minimum absolute atomic E-state index is 0.876. The fraction of sp³-hybridized carbons (Fsp3) is 0.333. The van der Waals surface area contributed by atoms with Crippen molar-refractivity contribution in [2.24, 2.45) is 0 Å². The quantitative estimate of drug-likeness (QED) is 0.430. The zero-order valence-corrected chi connectivity index (χ0v) is 6.79. The molecule has 10 heavy (non-hydrogen) atoms. The zero-order chi connectivity index (χ0) is 7.82. The molecule has 0 aromatic heterocycles. The van der Waals surface area contributed by atoms with Crippen LogP contribution >= 0.6 is 0 Å². The monoisotopic (exact) mass is 138 g/mol. The Morgan fingerprint density at radius 1 is 1.20 bits per heavy atom. The molecule has 0 aliphatic carbocycles. The lowest BCUT2D eigenvalue weighted by atomic mass is 10.4. The van der Waals surface area contributed by atoms with Crippen LogP contribution in [-0.4, -0.2) is 7.11 Å². The van der Waals surface area contributed by atoms with Crippen LogP contribution < -0.4 is 0 Å². The summed E-state index contributed by atoms with van der Waals surface area (Å²) in [5.41, 5.74) is 0. The van der Waals surface area contributed by atoms with Gasteiger partial charge in [0.05, 0.1) is 7.11 Å². The molecule has 0 radical (unpaired) electrons. The van der Waals surface area contributed by atoms with E-state index in [1.807, 2.05) is 44.2 Å². The van der Waals surface area contributed by atoms with Crippen molar-refractivity contribution in [3.63, 3.8) is 0 Å². The zero-order valence-electron chi connectivity index (χ0n) is 6.79. The molecule has 0 unspecified atom stereocenters. The van der Waals surface area contributed by atoms with Gasteiger partial charge in [-0.2, -0.15) is 0 Å². The Morgan fingerprint density at radius 3 is 2.30 bits per heavy atom. The van der Waals surface area contributed by atoms with Crippen molar-refractivity contribution < 1.29 is 4.74 Å². The van der Waals surface area contributed by atoms with E-state index in [9.17, 15) is 0 Å². The first kappa shape index (κ1) is 9.02. The van der Waals surface area contributed by atoms with Crippen LogP contribution in [0.5, 0.6) is 0 Å². The summed E-state index contributed by atoms with van der Waals surface area (Å²) in [7, 11) is 1.66. The summed E-state index contributed by atoms with van der Waals surface area (Å²) in [6.45, 7) is 3.93. The molecule has 0 amide bonds. The Bertz CT molecular complexity index is 152. The molecule has 0 heterocycles. The number of allylic oxidation sites excluding steroid dienone is 5. The third-order valence-electron chi connectivity index (χ3n) is 1.02. The highest BCUT2D eigenvalue weighted by Gasteiger charge is 1.81. The number of hydrogen-bond donors (Lipinski definition) is 0. The van der Waals surface area contributed by atoms with Gasteiger partial charge in [-0.05, 0) is 26.0 Å². The molecule has 0 atom stereocenters. The van der Waals surface area contributed by atoms with Crippen LogP contribution in [0.15, 0.2) is 36.1 Å². The van der Waals surface area contributed by atoms with E-state index in [1.165, 1.54) is 0 Å². The van der Waals surface area contributed by atoms with Crippen molar-refractivity contribution in [3.05, 3.63) is 36.1 Å². The molecule has 0 saturated heterocycles. The Balaban J connectivity index is 4.04. The lowest BCUT2D eigenvalue weighted by Crippen LogP contribution is -1.78. The number of rotatable bonds is 3. The van der Waals surface area contributed by atoms with E-state index in [2.05, 4.69) is 0 Å². The normalized spacial score (nSPS) is 13.3. The fourth-order valence-corrected chi connectivity index (χ4v) is 0.547. The van der Waals surface area contributed by atoms with Crippen molar-refractivity contribution in [2.45, 2.75) is 13.8 Å². The predicted molar refractivity (Wildman–Crippen MR) is 44.7 cm³/mol. The minimum Gasteiger partial charge on any atom is -0.497 e. The summed E-state index contributed by atoms with van der Waals surface area (Å²) in [6.07, 6.45) is 9.68. The highest BCUT2D eigenvalue weighted by Crippen LogP contribution is 1.97. The van der Waals surface area contributed by atoms with Crippen LogP contribution in [0.4, 0.5) is 0 Å². The summed E-state index contributed by atoms with van der Waals surface area (Å²) < 4.78 is 5.02. The first-order valence-corrected chi connectivity index (χ1v) is 3.34. The largest absolute Gasteiger partial charge is 0.497 e. The SMILES string of the molecule is C\C=C/C(=C\C=C\C)OC. The molecule has 0 bridgehead atoms. The summed E-state index contributed by atoms with van der Waals surface area (Å²) in [5, 5.41) is 0. The Kier molecular flexibility index (Phi) is 5.54. The van der Waals surface area contributed by atoms with E-state index in [4.69, 9.17) is 4.74 Å². The third-order valence-corrected chi connectivity index (χ3v) is 1.02. The molecule has 0 spiro atoms. The van der Waals surface area contributed by atoms with Gasteiger partial charge in [-0.3, -0.25) is 0 Å². The third kappa shape index (κ3) is 3.96. The first-order chi connectivity index (χ1) is 4.85. The van der Waals surface area contributed by atoms with E-state index >= 15 is 0 Å². The van der Waals surface area contributed by atoms with Gasteiger partial charge in [0.15, 0.2) is 0 Å². The predicted octanol–water partition coefficient (Wildman–Crippen LogP) is 2.67. The van der Waals surface area contributed by atoms with Crippen molar-refractivity contribution in [1.29, 1.82) is 0 Å². The second-order valence-corrected chi connectivity index (χ2v) is 1.80. The molecule has 1 nitrogen and oxygen atoms in total. The molecule has 0 aromatic rings. The van der Waals surface area contributed by atoms with E-state index in [1.54, 1.807) is 7.11 Å². The van der Waals surface area contributed by atoms with Gasteiger partial charge in [0, 0.05) is 0 Å². The summed E-state index contributed by atoms with van der Waals surface area (Å²) in [6, 6.07) is 0. The molecule has 0 aliphatic heterocycles. The minimum atomic E-state index is 0.876. The van der Waals surface area contributed by atoms with E-state index < -0.39 is 0 Å². The van der Waals surface area contributed by atoms with Crippen molar-refractivity contribution >= 4 is 0 Å². The molecular formula is C9H14O. The van der Waals surface area contributed by atoms with Gasteiger partial charge in [-0.15, -0.1) is 0 Å². The first-order valence-electron chi connectivity index (χ1n) is 3.34. The van der Waals surface area contributed by atoms with Crippen LogP contribution in [0.25, 0.3) is 0 Å². The van der Waals surface area contributed by atoms with Crippen LogP contribution in [0.2, 0.25) is 0 Å². The van der Waals surface area contributed by atoms with Gasteiger partial charge in [0.25, 0.3) is 0 Å². The maximum absolute atomic E-state index is 5.02. The van der Waals surface area contributed by atoms with Gasteiger partial charge in [-0.1, -0.05) is 18.2 Å². The molecule has 0 N–H and O–H groups in total. The fourth-order valence-electron chi connectivity index (χ4n) is 0.547. The van der Waals surface area contributed by atoms with Gasteiger partial charge in [-0.25, -0.2) is 0 Å². The van der Waals surface area contributed by atoms with E-state index in [-0.39, 0.29) is 0 Å². The van der Waals surface area contributed by atoms with Gasteiger partial charge < -0.3 is 4.74 Å². The second-order valence-electron chi connectivity index (χ2n) is 1.80. The number of ether oxygens (including phenoxy) is 1. The van der Waals surface area contributed by atoms with Gasteiger partial charge >= 0.3 is 0 Å². The van der Waals surface area contributed by atoms with Crippen molar-refractivity contribution in [3.8, 4) is 0 Å². The molecule has 0 aliphatic rings. The van der Waals surface area contributed by atoms with Crippen LogP contribution in [-0.2, 0) is 4.74 Å². The van der Waals surface area contributed by atoms with Crippen LogP contribution in [0, 0.1) is 0 Å². The summed E-state index contributed by atoms with van der Waals surface area (Å²) in [4.78, 5) is 0. The average Bonchev–Trinajstić information content (AvgIpc) is 1.98. The Labute approximate surface area is 62.7 Å². The Hall–Kier alpha value is -0.980. The topological polar surface area (TPSA) is 9.23 Å². The maximum atomic E-state index is 5.02. The average molecular weight is 138 g/mol. The van der Waals surface area contributed by atoms with E-state index in [0.717, 1.165) is 5.76 Å². The van der Waals surface area contributed by atoms with Crippen molar-refractivity contribution in [2.75, 3.05) is 7.11 Å². The molecule has 56 valence electrons. The molecule has 0 saturated carbocycles.